The summed E-state index contributed by atoms with van der Waals surface area (Å²) in [6.07, 6.45) is 6.79. The summed E-state index contributed by atoms with van der Waals surface area (Å²) in [6, 6.07) is 7.56. The van der Waals surface area contributed by atoms with E-state index in [9.17, 15) is 29.4 Å². The van der Waals surface area contributed by atoms with E-state index < -0.39 is 63.3 Å². The van der Waals surface area contributed by atoms with Crippen molar-refractivity contribution < 1.29 is 56.6 Å². The number of likely N-dealkylation sites (tertiary alicyclic amines) is 2. The van der Waals surface area contributed by atoms with Crippen molar-refractivity contribution in [3.8, 4) is 23.0 Å². The lowest BCUT2D eigenvalue weighted by atomic mass is 9.49. The van der Waals surface area contributed by atoms with Crippen LogP contribution in [0.5, 0.6) is 23.0 Å². The van der Waals surface area contributed by atoms with Crippen LogP contribution in [0.15, 0.2) is 24.3 Å². The fourth-order valence-corrected chi connectivity index (χ4v) is 16.9. The molecule has 6 aliphatic carbocycles. The maximum absolute atomic E-state index is 13.6. The van der Waals surface area contributed by atoms with E-state index in [1.807, 2.05) is 24.3 Å². The molecule has 2 saturated heterocycles. The minimum atomic E-state index is -3.25. The van der Waals surface area contributed by atoms with Crippen LogP contribution >= 0.6 is 0 Å². The van der Waals surface area contributed by atoms with Crippen molar-refractivity contribution in [1.82, 2.24) is 9.80 Å². The first-order chi connectivity index (χ1) is 30.5. The van der Waals surface area contributed by atoms with Gasteiger partial charge in [-0.25, -0.2) is 0 Å². The van der Waals surface area contributed by atoms with Gasteiger partial charge in [0.2, 0.25) is 0 Å². The van der Waals surface area contributed by atoms with Crippen molar-refractivity contribution in [2.45, 2.75) is 162 Å². The first-order valence-corrected chi connectivity index (χ1v) is 29.5. The summed E-state index contributed by atoms with van der Waals surface area (Å²) < 4.78 is 38.0. The van der Waals surface area contributed by atoms with Gasteiger partial charge in [-0.15, -0.1) is 0 Å². The van der Waals surface area contributed by atoms with Gasteiger partial charge in [0, 0.05) is 75.3 Å². The molecule has 342 valence electrons. The molecule has 12 rings (SSSR count). The van der Waals surface area contributed by atoms with Crippen LogP contribution in [-0.2, 0) is 51.7 Å². The minimum Gasteiger partial charge on any atom is -0.509 e. The van der Waals surface area contributed by atoms with E-state index in [-0.39, 0.29) is 49.3 Å². The second kappa shape index (κ2) is 13.9. The van der Waals surface area contributed by atoms with Crippen LogP contribution in [0.4, 0.5) is 0 Å². The Morgan fingerprint density at radius 3 is 1.45 bits per heavy atom. The van der Waals surface area contributed by atoms with Gasteiger partial charge in [-0.05, 0) is 112 Å². The number of nitrogens with zero attached hydrogens (tertiary/aromatic N) is 2. The van der Waals surface area contributed by atoms with Gasteiger partial charge in [0.15, 0.2) is 35.3 Å². The zero-order valence-electron chi connectivity index (χ0n) is 37.4. The highest BCUT2D eigenvalue weighted by molar-refractivity contribution is 6.67. The number of rotatable bonds is 13. The van der Waals surface area contributed by atoms with E-state index in [4.69, 9.17) is 27.2 Å². The smallest absolute Gasteiger partial charge is 0.456 e. The second-order valence-corrected chi connectivity index (χ2v) is 28.3. The van der Waals surface area contributed by atoms with Crippen molar-refractivity contribution in [3.05, 3.63) is 46.5 Å². The second-order valence-electron chi connectivity index (χ2n) is 21.8. The lowest BCUT2D eigenvalue weighted by Gasteiger charge is -2.62. The molecule has 10 aliphatic rings. The maximum Gasteiger partial charge on any atom is 0.456 e. The molecule has 6 fully saturated rings. The standard InChI is InChI=1S/C48H60N2O12Si2/c1-63(2,59-33-11-9-29-23-35-47(55)17-15-31(51)43-45(47,39(29)41(33)57-43)19-21-49(35)25-27-5-6-27)61-37(53)13-14-38(54)62-64(3,4)60-34-12-10-30-24-36-48(56)18-16-32(52)44-46(48,40(30)42(34)58-44)20-22-50(36)26-28-7-8-28/h9-12,27-28,35-36,43-44,55-56H,5-8,13-26H2,1-4H3/t35-,36-,43+,44+,45+,46+,47-,48-/m1/s1. The van der Waals surface area contributed by atoms with Crippen LogP contribution in [0, 0.1) is 11.8 Å². The number of ether oxygens (including phenoxy) is 2. The molecule has 8 atom stereocenters. The van der Waals surface area contributed by atoms with Gasteiger partial charge in [-0.1, -0.05) is 12.1 Å². The largest absolute Gasteiger partial charge is 0.509 e. The Hall–Kier alpha value is -3.81. The lowest BCUT2D eigenvalue weighted by molar-refractivity contribution is -0.188. The quantitative estimate of drug-likeness (QED) is 0.266. The van der Waals surface area contributed by atoms with Gasteiger partial charge in [0.25, 0.3) is 11.9 Å². The number of piperidine rings is 2. The summed E-state index contributed by atoms with van der Waals surface area (Å²) in [5, 5.41) is 25.3. The van der Waals surface area contributed by atoms with Crippen LogP contribution in [0.3, 0.4) is 0 Å². The molecule has 2 aromatic carbocycles. The number of hydrogen-bond acceptors (Lipinski definition) is 14. The fourth-order valence-electron chi connectivity index (χ4n) is 14.1. The van der Waals surface area contributed by atoms with E-state index in [0.717, 1.165) is 48.4 Å². The van der Waals surface area contributed by atoms with Gasteiger partial charge in [0.05, 0.1) is 34.9 Å². The Kier molecular flexibility index (Phi) is 9.02. The average molecular weight is 913 g/mol. The topological polar surface area (TPSA) is 171 Å². The highest BCUT2D eigenvalue weighted by atomic mass is 28.4. The predicted octanol–water partition coefficient (Wildman–Crippen LogP) is 4.68. The third-order valence-electron chi connectivity index (χ3n) is 17.1. The highest BCUT2D eigenvalue weighted by Crippen LogP contribution is 2.67. The fraction of sp³-hybridized carbons (Fsp3) is 0.667. The van der Waals surface area contributed by atoms with Gasteiger partial charge in [-0.3, -0.25) is 29.0 Å². The number of hydrogen-bond donors (Lipinski definition) is 2. The number of Topliss-reactive ketones (excluding diaryl/α,β-unsaturated/α-hetero) is 2. The predicted molar refractivity (Wildman–Crippen MR) is 234 cm³/mol. The number of carbonyl (C=O) groups is 4. The molecule has 4 aliphatic heterocycles. The van der Waals surface area contributed by atoms with E-state index >= 15 is 0 Å². The molecule has 4 saturated carbocycles. The summed E-state index contributed by atoms with van der Waals surface area (Å²) in [7, 11) is -6.49. The lowest BCUT2D eigenvalue weighted by Crippen LogP contribution is -2.76. The molecule has 4 bridgehead atoms. The van der Waals surface area contributed by atoms with Gasteiger partial charge in [0.1, 0.15) is 11.5 Å². The Labute approximate surface area is 375 Å². The van der Waals surface area contributed by atoms with Gasteiger partial charge in [-0.2, -0.15) is 0 Å². The molecule has 2 spiro atoms. The Morgan fingerprint density at radius 2 is 1.06 bits per heavy atom. The molecule has 16 heteroatoms. The van der Waals surface area contributed by atoms with Crippen LogP contribution < -0.4 is 18.3 Å². The third kappa shape index (κ3) is 5.93. The molecular formula is C48H60N2O12Si2. The SMILES string of the molecule is C[Si](C)(OC(=O)CCC(=O)O[Si](C)(C)Oc1ccc2c3c1O[C@H]1C(=O)CC[C@@]4(O)[C@@H](C2)N(CC2CC2)CC[C@]314)Oc1ccc2c3c1O[C@H]1C(=O)CC[C@@]4(O)[C@@H](C2)N(CC2CC2)CC[C@]314. The van der Waals surface area contributed by atoms with E-state index in [1.54, 1.807) is 26.2 Å². The molecule has 0 radical (unpaired) electrons. The molecule has 2 N–H and O–H groups in total. The van der Waals surface area contributed by atoms with Crippen molar-refractivity contribution in [1.29, 1.82) is 0 Å². The number of carbonyl (C=O) groups excluding carboxylic acids is 4. The number of aliphatic hydroxyl groups is 2. The summed E-state index contributed by atoms with van der Waals surface area (Å²) >= 11 is 0. The molecule has 64 heavy (non-hydrogen) atoms. The third-order valence-corrected chi connectivity index (χ3v) is 19.9. The Morgan fingerprint density at radius 1 is 0.656 bits per heavy atom. The normalized spacial score (nSPS) is 35.5. The minimum absolute atomic E-state index is 0.0000272. The summed E-state index contributed by atoms with van der Waals surface area (Å²) in [6.45, 7) is 10.5. The molecular weight excluding hydrogens is 853 g/mol. The Balaban J connectivity index is 0.710. The Bertz CT molecular complexity index is 2240. The van der Waals surface area contributed by atoms with Crippen LogP contribution in [0.1, 0.15) is 99.3 Å². The summed E-state index contributed by atoms with van der Waals surface area (Å²) in [4.78, 5) is 58.8. The van der Waals surface area contributed by atoms with E-state index in [1.165, 1.54) is 25.7 Å². The van der Waals surface area contributed by atoms with Crippen molar-refractivity contribution >= 4 is 40.6 Å². The number of benzene rings is 2. The zero-order valence-corrected chi connectivity index (χ0v) is 39.4. The monoisotopic (exact) mass is 912 g/mol. The van der Waals surface area contributed by atoms with Crippen molar-refractivity contribution in [2.24, 2.45) is 11.8 Å². The molecule has 2 aromatic rings. The van der Waals surface area contributed by atoms with E-state index in [0.29, 0.717) is 73.4 Å². The van der Waals surface area contributed by atoms with Crippen molar-refractivity contribution in [2.75, 3.05) is 26.2 Å². The molecule has 4 heterocycles. The van der Waals surface area contributed by atoms with Crippen LogP contribution in [0.2, 0.25) is 26.2 Å². The molecule has 0 aromatic heterocycles. The summed E-state index contributed by atoms with van der Waals surface area (Å²) in [5.41, 5.74) is 0.0113. The molecule has 14 nitrogen and oxygen atoms in total. The van der Waals surface area contributed by atoms with Crippen LogP contribution in [-0.4, -0.2) is 122 Å². The molecule has 0 unspecified atom stereocenters. The molecule has 0 amide bonds. The van der Waals surface area contributed by atoms with Crippen LogP contribution in [0.25, 0.3) is 0 Å². The zero-order chi connectivity index (χ0) is 44.3. The van der Waals surface area contributed by atoms with Gasteiger partial charge < -0.3 is 37.4 Å². The highest BCUT2D eigenvalue weighted by Gasteiger charge is 2.75. The first kappa shape index (κ1) is 41.6. The summed E-state index contributed by atoms with van der Waals surface area (Å²) in [5.74, 6) is 1.88. The van der Waals surface area contributed by atoms with E-state index in [2.05, 4.69) is 9.80 Å². The number of ketones is 2. The van der Waals surface area contributed by atoms with Gasteiger partial charge >= 0.3 is 17.1 Å². The average Bonchev–Trinajstić information content (AvgIpc) is 4.16. The van der Waals surface area contributed by atoms with Crippen molar-refractivity contribution in [3.63, 3.8) is 0 Å². The first-order valence-electron chi connectivity index (χ1n) is 23.9. The maximum atomic E-state index is 13.6.